The van der Waals surface area contributed by atoms with E-state index in [-0.39, 0.29) is 0 Å². The fraction of sp³-hybridized carbons (Fsp3) is 0.200. The molecule has 0 fully saturated rings. The Bertz CT molecular complexity index is 613. The topological polar surface area (TPSA) is 29.5 Å². The second kappa shape index (κ2) is 5.07. The molecule has 0 spiro atoms. The first-order valence-electron chi connectivity index (χ1n) is 5.92. The van der Waals surface area contributed by atoms with Crippen LogP contribution in [0.5, 0.6) is 11.5 Å². The van der Waals surface area contributed by atoms with Gasteiger partial charge in [0.05, 0.1) is 0 Å². The number of ether oxygens (including phenoxy) is 1. The first-order chi connectivity index (χ1) is 9.24. The predicted octanol–water partition coefficient (Wildman–Crippen LogP) is 4.57. The van der Waals surface area contributed by atoms with Crippen molar-refractivity contribution in [3.8, 4) is 22.6 Å². The van der Waals surface area contributed by atoms with Gasteiger partial charge in [-0.05, 0) is 37.1 Å². The van der Waals surface area contributed by atoms with Gasteiger partial charge in [-0.2, -0.15) is 0 Å². The highest BCUT2D eigenvalue weighted by molar-refractivity contribution is 5.68. The minimum absolute atomic E-state index is 0.543. The summed E-state index contributed by atoms with van der Waals surface area (Å²) in [5, 5.41) is 9.63. The number of alkyl halides is 3. The summed E-state index contributed by atoms with van der Waals surface area (Å²) in [6.07, 6.45) is -4.82. The van der Waals surface area contributed by atoms with E-state index in [1.807, 2.05) is 32.0 Å². The molecule has 2 aromatic rings. The fourth-order valence-electron chi connectivity index (χ4n) is 2.05. The lowest BCUT2D eigenvalue weighted by molar-refractivity contribution is -0.275. The van der Waals surface area contributed by atoms with Crippen molar-refractivity contribution in [2.24, 2.45) is 0 Å². The van der Waals surface area contributed by atoms with Crippen molar-refractivity contribution in [3.05, 3.63) is 47.5 Å². The molecule has 0 radical (unpaired) electrons. The molecule has 20 heavy (non-hydrogen) atoms. The van der Waals surface area contributed by atoms with E-state index in [1.165, 1.54) is 12.1 Å². The third-order valence-corrected chi connectivity index (χ3v) is 2.74. The molecule has 1 N–H and O–H groups in total. The minimum atomic E-state index is -4.82. The molecule has 0 bridgehead atoms. The zero-order valence-electron chi connectivity index (χ0n) is 11.0. The van der Waals surface area contributed by atoms with Crippen LogP contribution >= 0.6 is 0 Å². The van der Waals surface area contributed by atoms with Crippen LogP contribution in [-0.2, 0) is 0 Å². The Labute approximate surface area is 114 Å². The molecule has 2 nitrogen and oxygen atoms in total. The van der Waals surface area contributed by atoms with Crippen LogP contribution in [0.4, 0.5) is 13.2 Å². The van der Waals surface area contributed by atoms with E-state index in [9.17, 15) is 18.3 Å². The molecule has 5 heteroatoms. The average Bonchev–Trinajstić information content (AvgIpc) is 2.29. The summed E-state index contributed by atoms with van der Waals surface area (Å²) in [6, 6.07) is 9.63. The standard InChI is InChI=1S/C15H13F3O2/c1-9-5-10(2)7-12(6-9)11-3-4-14(13(19)8-11)20-15(16,17)18/h3-8,19H,1-2H3. The van der Waals surface area contributed by atoms with E-state index in [0.717, 1.165) is 22.8 Å². The van der Waals surface area contributed by atoms with E-state index < -0.39 is 17.9 Å². The second-order valence-corrected chi connectivity index (χ2v) is 4.61. The molecular weight excluding hydrogens is 269 g/mol. The normalized spacial score (nSPS) is 11.4. The number of phenols is 1. The van der Waals surface area contributed by atoms with Gasteiger partial charge in [0, 0.05) is 0 Å². The van der Waals surface area contributed by atoms with Crippen molar-refractivity contribution in [2.45, 2.75) is 20.2 Å². The van der Waals surface area contributed by atoms with Gasteiger partial charge in [0.1, 0.15) is 0 Å². The number of aromatic hydroxyl groups is 1. The molecular formula is C15H13F3O2. The van der Waals surface area contributed by atoms with Crippen LogP contribution in [0.25, 0.3) is 11.1 Å². The molecule has 2 aromatic carbocycles. The number of rotatable bonds is 2. The molecule has 0 amide bonds. The van der Waals surface area contributed by atoms with Crippen molar-refractivity contribution in [1.29, 1.82) is 0 Å². The highest BCUT2D eigenvalue weighted by Crippen LogP contribution is 2.35. The second-order valence-electron chi connectivity index (χ2n) is 4.61. The number of hydrogen-bond acceptors (Lipinski definition) is 2. The Balaban J connectivity index is 2.38. The summed E-state index contributed by atoms with van der Waals surface area (Å²) >= 11 is 0. The van der Waals surface area contributed by atoms with Crippen molar-refractivity contribution >= 4 is 0 Å². The van der Waals surface area contributed by atoms with Crippen molar-refractivity contribution in [2.75, 3.05) is 0 Å². The summed E-state index contributed by atoms with van der Waals surface area (Å²) in [4.78, 5) is 0. The molecule has 0 aliphatic rings. The van der Waals surface area contributed by atoms with E-state index >= 15 is 0 Å². The molecule has 0 aliphatic heterocycles. The first kappa shape index (κ1) is 14.2. The number of phenolic OH excluding ortho intramolecular Hbond substituents is 1. The zero-order valence-corrected chi connectivity index (χ0v) is 11.0. The van der Waals surface area contributed by atoms with Gasteiger partial charge in [-0.25, -0.2) is 0 Å². The number of benzene rings is 2. The molecule has 0 aromatic heterocycles. The van der Waals surface area contributed by atoms with Crippen LogP contribution in [0.15, 0.2) is 36.4 Å². The van der Waals surface area contributed by atoms with Crippen LogP contribution < -0.4 is 4.74 Å². The third-order valence-electron chi connectivity index (χ3n) is 2.74. The molecule has 0 atom stereocenters. The van der Waals surface area contributed by atoms with Gasteiger partial charge in [-0.1, -0.05) is 35.4 Å². The zero-order chi connectivity index (χ0) is 14.9. The van der Waals surface area contributed by atoms with Crippen LogP contribution in [0.3, 0.4) is 0 Å². The maximum Gasteiger partial charge on any atom is 0.573 e. The van der Waals surface area contributed by atoms with E-state index in [4.69, 9.17) is 0 Å². The lowest BCUT2D eigenvalue weighted by atomic mass is 10.0. The van der Waals surface area contributed by atoms with Gasteiger partial charge in [0.25, 0.3) is 0 Å². The summed E-state index contributed by atoms with van der Waals surface area (Å²) < 4.78 is 40.1. The molecule has 0 saturated heterocycles. The van der Waals surface area contributed by atoms with E-state index in [2.05, 4.69) is 4.74 Å². The number of hydrogen-bond donors (Lipinski definition) is 1. The summed E-state index contributed by atoms with van der Waals surface area (Å²) in [7, 11) is 0. The van der Waals surface area contributed by atoms with Gasteiger partial charge in [0.2, 0.25) is 0 Å². The lowest BCUT2D eigenvalue weighted by Gasteiger charge is -2.12. The minimum Gasteiger partial charge on any atom is -0.504 e. The first-order valence-corrected chi connectivity index (χ1v) is 5.92. The van der Waals surface area contributed by atoms with Gasteiger partial charge >= 0.3 is 6.36 Å². The summed E-state index contributed by atoms with van der Waals surface area (Å²) in [6.45, 7) is 3.86. The van der Waals surface area contributed by atoms with Crippen LogP contribution in [0, 0.1) is 13.8 Å². The summed E-state index contributed by atoms with van der Waals surface area (Å²) in [5.74, 6) is -1.15. The predicted molar refractivity (Wildman–Crippen MR) is 69.7 cm³/mol. The SMILES string of the molecule is Cc1cc(C)cc(-c2ccc(OC(F)(F)F)c(O)c2)c1. The number of halogens is 3. The largest absolute Gasteiger partial charge is 0.573 e. The highest BCUT2D eigenvalue weighted by atomic mass is 19.4. The monoisotopic (exact) mass is 282 g/mol. The number of aryl methyl sites for hydroxylation is 2. The maximum absolute atomic E-state index is 12.1. The summed E-state index contributed by atoms with van der Waals surface area (Å²) in [5.41, 5.74) is 3.53. The molecule has 0 aliphatic carbocycles. The smallest absolute Gasteiger partial charge is 0.504 e. The Morgan fingerprint density at radius 1 is 0.900 bits per heavy atom. The van der Waals surface area contributed by atoms with Crippen LogP contribution in [-0.4, -0.2) is 11.5 Å². The van der Waals surface area contributed by atoms with Crippen molar-refractivity contribution in [1.82, 2.24) is 0 Å². The Morgan fingerprint density at radius 2 is 1.50 bits per heavy atom. The molecule has 106 valence electrons. The van der Waals surface area contributed by atoms with Crippen molar-refractivity contribution in [3.63, 3.8) is 0 Å². The Hall–Kier alpha value is -2.17. The highest BCUT2D eigenvalue weighted by Gasteiger charge is 2.32. The fourth-order valence-corrected chi connectivity index (χ4v) is 2.05. The third kappa shape index (κ3) is 3.44. The van der Waals surface area contributed by atoms with Crippen LogP contribution in [0.1, 0.15) is 11.1 Å². The van der Waals surface area contributed by atoms with Crippen molar-refractivity contribution < 1.29 is 23.0 Å². The lowest BCUT2D eigenvalue weighted by Crippen LogP contribution is -2.17. The molecule has 0 heterocycles. The van der Waals surface area contributed by atoms with Gasteiger partial charge in [0.15, 0.2) is 11.5 Å². The van der Waals surface area contributed by atoms with E-state index in [1.54, 1.807) is 0 Å². The van der Waals surface area contributed by atoms with Gasteiger partial charge < -0.3 is 9.84 Å². The average molecular weight is 282 g/mol. The van der Waals surface area contributed by atoms with Gasteiger partial charge in [-0.15, -0.1) is 13.2 Å². The Morgan fingerprint density at radius 3 is 2.00 bits per heavy atom. The van der Waals surface area contributed by atoms with E-state index in [0.29, 0.717) is 5.56 Å². The quantitative estimate of drug-likeness (QED) is 0.874. The maximum atomic E-state index is 12.1. The van der Waals surface area contributed by atoms with Crippen LogP contribution in [0.2, 0.25) is 0 Å². The Kier molecular flexibility index (Phi) is 3.61. The van der Waals surface area contributed by atoms with Gasteiger partial charge in [-0.3, -0.25) is 0 Å². The molecule has 0 saturated carbocycles. The molecule has 2 rings (SSSR count). The molecule has 0 unspecified atom stereocenters.